The second kappa shape index (κ2) is 9.60. The number of hydrogen-bond donors (Lipinski definition) is 1. The van der Waals surface area contributed by atoms with Crippen LogP contribution >= 0.6 is 0 Å². The third-order valence-corrected chi connectivity index (χ3v) is 4.78. The van der Waals surface area contributed by atoms with Crippen molar-refractivity contribution < 1.29 is 31.9 Å². The average Bonchev–Trinajstić information content (AvgIpc) is 2.71. The smallest absolute Gasteiger partial charge is 0.410 e. The lowest BCUT2D eigenvalue weighted by molar-refractivity contribution is 0.0236. The van der Waals surface area contributed by atoms with Crippen LogP contribution in [0.4, 0.5) is 28.2 Å². The van der Waals surface area contributed by atoms with Crippen molar-refractivity contribution in [1.29, 1.82) is 0 Å². The molecule has 33 heavy (non-hydrogen) atoms. The lowest BCUT2D eigenvalue weighted by atomic mass is 10.0. The molecule has 0 spiro atoms. The van der Waals surface area contributed by atoms with Crippen molar-refractivity contribution in [1.82, 2.24) is 9.88 Å². The number of anilines is 1. The summed E-state index contributed by atoms with van der Waals surface area (Å²) in [7, 11) is 0. The zero-order valence-corrected chi connectivity index (χ0v) is 18.3. The van der Waals surface area contributed by atoms with Crippen molar-refractivity contribution in [2.75, 3.05) is 18.4 Å². The van der Waals surface area contributed by atoms with E-state index in [-0.39, 0.29) is 37.4 Å². The molecule has 0 unspecified atom stereocenters. The molecular formula is C23H23F4N3O3. The van der Waals surface area contributed by atoms with Crippen LogP contribution < -0.4 is 5.32 Å². The number of nitrogens with one attached hydrogen (secondary N) is 1. The number of aromatic nitrogens is 1. The van der Waals surface area contributed by atoms with Crippen LogP contribution in [0.3, 0.4) is 0 Å². The zero-order valence-electron chi connectivity index (χ0n) is 18.3. The summed E-state index contributed by atoms with van der Waals surface area (Å²) in [6.45, 7) is 5.83. The van der Waals surface area contributed by atoms with Gasteiger partial charge in [-0.05, 0) is 51.3 Å². The molecule has 0 saturated carbocycles. The van der Waals surface area contributed by atoms with E-state index in [1.54, 1.807) is 20.8 Å². The van der Waals surface area contributed by atoms with Gasteiger partial charge in [0.2, 0.25) is 0 Å². The van der Waals surface area contributed by atoms with Gasteiger partial charge in [-0.15, -0.1) is 0 Å². The van der Waals surface area contributed by atoms with Gasteiger partial charge in [0.15, 0.2) is 0 Å². The Morgan fingerprint density at radius 1 is 1.06 bits per heavy atom. The number of ether oxygens (including phenoxy) is 1. The van der Waals surface area contributed by atoms with E-state index >= 15 is 4.39 Å². The van der Waals surface area contributed by atoms with Gasteiger partial charge in [-0.1, -0.05) is 6.07 Å². The first-order valence-corrected chi connectivity index (χ1v) is 10.2. The van der Waals surface area contributed by atoms with Crippen molar-refractivity contribution in [3.63, 3.8) is 0 Å². The van der Waals surface area contributed by atoms with Gasteiger partial charge in [0, 0.05) is 25.2 Å². The predicted molar refractivity (Wildman–Crippen MR) is 114 cm³/mol. The predicted octanol–water partition coefficient (Wildman–Crippen LogP) is 5.46. The van der Waals surface area contributed by atoms with Gasteiger partial charge in [-0.2, -0.15) is 0 Å². The van der Waals surface area contributed by atoms with Crippen molar-refractivity contribution >= 4 is 23.6 Å². The zero-order chi connectivity index (χ0) is 24.3. The standard InChI is InChI=1S/C23H23F4N3O3/c1-23(2,3)33-22(32)30-9-7-13(8-10-30)20(27)17-5-4-6-18(28-17)29-21(31)19-15(25)11-14(24)12-16(19)26/h4-6,11-12H,7-10H2,1-3H3,(H,28,29,31). The van der Waals surface area contributed by atoms with Gasteiger partial charge in [-0.3, -0.25) is 4.79 Å². The molecule has 1 aliphatic rings. The highest BCUT2D eigenvalue weighted by Crippen LogP contribution is 2.28. The van der Waals surface area contributed by atoms with E-state index in [0.29, 0.717) is 17.7 Å². The SMILES string of the molecule is CC(C)(C)OC(=O)N1CCC(=C(F)c2cccc(NC(=O)c3c(F)cc(F)cc3F)n2)CC1. The number of piperidine rings is 1. The molecule has 2 aromatic rings. The first-order chi connectivity index (χ1) is 15.4. The van der Waals surface area contributed by atoms with Crippen LogP contribution in [-0.2, 0) is 4.74 Å². The number of carbonyl (C=O) groups excluding carboxylic acids is 2. The molecule has 1 aromatic heterocycles. The second-order valence-corrected chi connectivity index (χ2v) is 8.49. The van der Waals surface area contributed by atoms with Crippen LogP contribution in [0, 0.1) is 17.5 Å². The lowest BCUT2D eigenvalue weighted by Crippen LogP contribution is -2.40. The van der Waals surface area contributed by atoms with E-state index in [2.05, 4.69) is 10.3 Å². The fourth-order valence-corrected chi connectivity index (χ4v) is 3.25. The van der Waals surface area contributed by atoms with Crippen LogP contribution in [0.15, 0.2) is 35.9 Å². The van der Waals surface area contributed by atoms with Crippen molar-refractivity contribution in [2.45, 2.75) is 39.2 Å². The summed E-state index contributed by atoms with van der Waals surface area (Å²) in [6.07, 6.45) is 0.0788. The van der Waals surface area contributed by atoms with Crippen LogP contribution in [-0.4, -0.2) is 40.6 Å². The number of likely N-dealkylation sites (tertiary alicyclic amines) is 1. The minimum absolute atomic E-state index is 0.0754. The summed E-state index contributed by atoms with van der Waals surface area (Å²) in [4.78, 5) is 29.9. The fourth-order valence-electron chi connectivity index (χ4n) is 3.25. The van der Waals surface area contributed by atoms with Gasteiger partial charge in [0.05, 0.1) is 0 Å². The van der Waals surface area contributed by atoms with E-state index in [4.69, 9.17) is 4.74 Å². The highest BCUT2D eigenvalue weighted by atomic mass is 19.1. The summed E-state index contributed by atoms with van der Waals surface area (Å²) >= 11 is 0. The van der Waals surface area contributed by atoms with Crippen molar-refractivity contribution in [3.05, 3.63) is 64.6 Å². The molecule has 1 fully saturated rings. The Hall–Kier alpha value is -3.43. The Labute approximate surface area is 188 Å². The minimum atomic E-state index is -1.37. The first-order valence-electron chi connectivity index (χ1n) is 10.2. The third kappa shape index (κ3) is 6.09. The Balaban J connectivity index is 1.71. The molecule has 0 aliphatic carbocycles. The Morgan fingerprint density at radius 2 is 1.67 bits per heavy atom. The Morgan fingerprint density at radius 3 is 2.24 bits per heavy atom. The van der Waals surface area contributed by atoms with Gasteiger partial charge < -0.3 is 15.0 Å². The largest absolute Gasteiger partial charge is 0.444 e. The highest BCUT2D eigenvalue weighted by molar-refractivity contribution is 6.04. The summed E-state index contributed by atoms with van der Waals surface area (Å²) in [6, 6.07) is 4.90. The molecule has 0 bridgehead atoms. The number of hydrogen-bond acceptors (Lipinski definition) is 4. The Bertz CT molecular complexity index is 1080. The maximum Gasteiger partial charge on any atom is 0.410 e. The molecule has 2 heterocycles. The molecule has 0 atom stereocenters. The molecule has 1 N–H and O–H groups in total. The number of rotatable bonds is 3. The molecule has 176 valence electrons. The molecule has 0 radical (unpaired) electrons. The number of carbonyl (C=O) groups is 2. The van der Waals surface area contributed by atoms with E-state index < -0.39 is 46.4 Å². The lowest BCUT2D eigenvalue weighted by Gasteiger charge is -2.31. The normalized spacial score (nSPS) is 14.2. The molecule has 2 amide bonds. The molecule has 10 heteroatoms. The van der Waals surface area contributed by atoms with Gasteiger partial charge in [0.25, 0.3) is 5.91 Å². The first kappa shape index (κ1) is 24.2. The van der Waals surface area contributed by atoms with E-state index in [1.807, 2.05) is 0 Å². The minimum Gasteiger partial charge on any atom is -0.444 e. The molecule has 3 rings (SSSR count). The van der Waals surface area contributed by atoms with Gasteiger partial charge in [-0.25, -0.2) is 27.3 Å². The summed E-state index contributed by atoms with van der Waals surface area (Å²) in [5.74, 6) is -5.82. The number of halogens is 4. The Kier molecular flexibility index (Phi) is 7.04. The van der Waals surface area contributed by atoms with Crippen molar-refractivity contribution in [2.24, 2.45) is 0 Å². The summed E-state index contributed by atoms with van der Waals surface area (Å²) < 4.78 is 61.1. The molecule has 1 aliphatic heterocycles. The molecular weight excluding hydrogens is 442 g/mol. The number of amides is 2. The van der Waals surface area contributed by atoms with E-state index in [1.165, 1.54) is 23.1 Å². The van der Waals surface area contributed by atoms with E-state index in [9.17, 15) is 22.8 Å². The third-order valence-electron chi connectivity index (χ3n) is 4.78. The maximum absolute atomic E-state index is 15.0. The molecule has 1 saturated heterocycles. The van der Waals surface area contributed by atoms with Crippen LogP contribution in [0.1, 0.15) is 49.7 Å². The van der Waals surface area contributed by atoms with Gasteiger partial charge in [0.1, 0.15) is 46.0 Å². The van der Waals surface area contributed by atoms with E-state index in [0.717, 1.165) is 0 Å². The fraction of sp³-hybridized carbons (Fsp3) is 0.348. The second-order valence-electron chi connectivity index (χ2n) is 8.49. The quantitative estimate of drug-likeness (QED) is 0.611. The monoisotopic (exact) mass is 465 g/mol. The maximum atomic E-state index is 15.0. The van der Waals surface area contributed by atoms with Crippen LogP contribution in [0.2, 0.25) is 0 Å². The number of nitrogens with zero attached hydrogens (tertiary/aromatic N) is 2. The number of benzene rings is 1. The average molecular weight is 465 g/mol. The summed E-state index contributed by atoms with van der Waals surface area (Å²) in [5.41, 5.74) is -1.24. The van der Waals surface area contributed by atoms with Crippen LogP contribution in [0.5, 0.6) is 0 Å². The van der Waals surface area contributed by atoms with Crippen LogP contribution in [0.25, 0.3) is 5.83 Å². The van der Waals surface area contributed by atoms with Gasteiger partial charge >= 0.3 is 6.09 Å². The summed E-state index contributed by atoms with van der Waals surface area (Å²) in [5, 5.41) is 2.19. The molecule has 1 aromatic carbocycles. The topological polar surface area (TPSA) is 71.5 Å². The highest BCUT2D eigenvalue weighted by Gasteiger charge is 2.26. The number of pyridine rings is 1. The molecule has 6 nitrogen and oxygen atoms in total. The van der Waals surface area contributed by atoms with Crippen molar-refractivity contribution in [3.8, 4) is 0 Å².